The molecule has 3 aliphatic rings. The number of carbonyl (C=O) groups excluding carboxylic acids is 1. The third-order valence-corrected chi connectivity index (χ3v) is 7.48. The van der Waals surface area contributed by atoms with Gasteiger partial charge in [0.2, 0.25) is 0 Å². The molecule has 2 atom stereocenters. The van der Waals surface area contributed by atoms with Gasteiger partial charge in [-0.2, -0.15) is 4.98 Å². The molecule has 6 rings (SSSR count). The predicted molar refractivity (Wildman–Crippen MR) is 126 cm³/mol. The fourth-order valence-corrected chi connectivity index (χ4v) is 5.88. The summed E-state index contributed by atoms with van der Waals surface area (Å²) in [6.45, 7) is 3.66. The second-order valence-corrected chi connectivity index (χ2v) is 9.99. The standard InChI is InChI=1S/C23H23Cl2N5O3/c1-12-19-13(6-14(24)7-15(19)25)2-5-30(12)21(31)18-10-29(11-23(33-18)3-4-23)17-9-27-8-16-20(17)32-22(26)28-16/h6-9,12,18H,2-5,10-11H2,1H3,(H2,26,28)/t12-,18+/m0/s1. The first-order chi connectivity index (χ1) is 15.8. The molecule has 0 radical (unpaired) electrons. The average molecular weight is 488 g/mol. The molecule has 2 aliphatic heterocycles. The minimum absolute atomic E-state index is 0.0349. The van der Waals surface area contributed by atoms with E-state index in [9.17, 15) is 4.79 Å². The van der Waals surface area contributed by atoms with Crippen molar-refractivity contribution in [2.75, 3.05) is 30.3 Å². The minimum Gasteiger partial charge on any atom is -0.421 e. The molecule has 1 amide bonds. The molecule has 3 aromatic rings. The van der Waals surface area contributed by atoms with Crippen molar-refractivity contribution in [3.63, 3.8) is 0 Å². The molecule has 10 heteroatoms. The number of carbonyl (C=O) groups is 1. The van der Waals surface area contributed by atoms with E-state index in [4.69, 9.17) is 38.1 Å². The van der Waals surface area contributed by atoms with Crippen molar-refractivity contribution in [2.45, 2.75) is 43.9 Å². The smallest absolute Gasteiger partial charge is 0.293 e. The van der Waals surface area contributed by atoms with Gasteiger partial charge in [-0.1, -0.05) is 23.2 Å². The van der Waals surface area contributed by atoms with Gasteiger partial charge in [-0.3, -0.25) is 9.78 Å². The highest BCUT2D eigenvalue weighted by molar-refractivity contribution is 6.35. The molecule has 0 unspecified atom stereocenters. The summed E-state index contributed by atoms with van der Waals surface area (Å²) in [5.41, 5.74) is 9.45. The average Bonchev–Trinajstić information content (AvgIpc) is 3.38. The van der Waals surface area contributed by atoms with Crippen LogP contribution in [0.5, 0.6) is 0 Å². The Bertz CT molecular complexity index is 1270. The van der Waals surface area contributed by atoms with Crippen LogP contribution in [0.25, 0.3) is 11.1 Å². The molecule has 4 heterocycles. The molecule has 1 saturated carbocycles. The Hall–Kier alpha value is -2.55. The van der Waals surface area contributed by atoms with E-state index < -0.39 is 6.10 Å². The van der Waals surface area contributed by atoms with E-state index in [2.05, 4.69) is 14.9 Å². The van der Waals surface area contributed by atoms with E-state index in [1.165, 1.54) is 0 Å². The van der Waals surface area contributed by atoms with Crippen LogP contribution in [0, 0.1) is 0 Å². The maximum atomic E-state index is 13.7. The molecule has 2 aromatic heterocycles. The molecule has 2 fully saturated rings. The van der Waals surface area contributed by atoms with Gasteiger partial charge in [0.1, 0.15) is 11.2 Å². The molecule has 2 N–H and O–H groups in total. The highest BCUT2D eigenvalue weighted by atomic mass is 35.5. The second-order valence-electron chi connectivity index (χ2n) is 9.15. The number of nitrogens with two attached hydrogens (primary N) is 1. The first-order valence-electron chi connectivity index (χ1n) is 11.0. The van der Waals surface area contributed by atoms with Gasteiger partial charge in [0.05, 0.1) is 30.6 Å². The number of benzene rings is 1. The van der Waals surface area contributed by atoms with E-state index in [-0.39, 0.29) is 23.6 Å². The number of hydrogen-bond acceptors (Lipinski definition) is 7. The molecule has 1 spiro atoms. The van der Waals surface area contributed by atoms with E-state index in [0.717, 1.165) is 29.7 Å². The summed E-state index contributed by atoms with van der Waals surface area (Å²) < 4.78 is 12.0. The van der Waals surface area contributed by atoms with Gasteiger partial charge < -0.3 is 24.7 Å². The number of rotatable bonds is 2. The summed E-state index contributed by atoms with van der Waals surface area (Å²) >= 11 is 12.7. The maximum Gasteiger partial charge on any atom is 0.293 e. The number of amides is 1. The van der Waals surface area contributed by atoms with Crippen LogP contribution in [0.3, 0.4) is 0 Å². The van der Waals surface area contributed by atoms with Crippen LogP contribution in [0.2, 0.25) is 10.0 Å². The Kier molecular flexibility index (Phi) is 4.76. The van der Waals surface area contributed by atoms with Crippen LogP contribution >= 0.6 is 23.2 Å². The van der Waals surface area contributed by atoms with Crippen LogP contribution in [0.15, 0.2) is 28.9 Å². The van der Waals surface area contributed by atoms with Crippen molar-refractivity contribution in [1.29, 1.82) is 0 Å². The summed E-state index contributed by atoms with van der Waals surface area (Å²) in [5.74, 6) is -0.0349. The molecule has 8 nitrogen and oxygen atoms in total. The minimum atomic E-state index is -0.605. The Balaban J connectivity index is 1.30. The lowest BCUT2D eigenvalue weighted by Crippen LogP contribution is -2.56. The van der Waals surface area contributed by atoms with Crippen molar-refractivity contribution >= 4 is 51.9 Å². The summed E-state index contributed by atoms with van der Waals surface area (Å²) in [4.78, 5) is 26.2. The van der Waals surface area contributed by atoms with E-state index >= 15 is 0 Å². The third kappa shape index (κ3) is 3.52. The summed E-state index contributed by atoms with van der Waals surface area (Å²) in [5, 5.41) is 1.21. The quantitative estimate of drug-likeness (QED) is 0.583. The largest absolute Gasteiger partial charge is 0.421 e. The van der Waals surface area contributed by atoms with Gasteiger partial charge in [-0.05, 0) is 49.4 Å². The Morgan fingerprint density at radius 3 is 2.88 bits per heavy atom. The van der Waals surface area contributed by atoms with Gasteiger partial charge in [-0.25, -0.2) is 0 Å². The second kappa shape index (κ2) is 7.48. The number of ether oxygens (including phenoxy) is 1. The third-order valence-electron chi connectivity index (χ3n) is 6.95. The number of halogens is 2. The Morgan fingerprint density at radius 2 is 2.09 bits per heavy atom. The molecular formula is C23H23Cl2N5O3. The molecular weight excluding hydrogens is 465 g/mol. The lowest BCUT2D eigenvalue weighted by atomic mass is 9.93. The highest BCUT2D eigenvalue weighted by Crippen LogP contribution is 2.46. The molecule has 1 saturated heterocycles. The predicted octanol–water partition coefficient (Wildman–Crippen LogP) is 4.00. The number of anilines is 2. The number of hydrogen-bond donors (Lipinski definition) is 1. The fraction of sp³-hybridized carbons (Fsp3) is 0.435. The number of fused-ring (bicyclic) bond motifs is 2. The number of nitrogens with zero attached hydrogens (tertiary/aromatic N) is 4. The van der Waals surface area contributed by atoms with Gasteiger partial charge in [0.25, 0.3) is 11.9 Å². The van der Waals surface area contributed by atoms with Crippen molar-refractivity contribution in [2.24, 2.45) is 0 Å². The number of nitrogen functional groups attached to an aromatic ring is 1. The zero-order chi connectivity index (χ0) is 22.9. The van der Waals surface area contributed by atoms with E-state index in [0.29, 0.717) is 47.2 Å². The van der Waals surface area contributed by atoms with E-state index in [1.807, 2.05) is 17.9 Å². The topological polar surface area (TPSA) is 97.7 Å². The van der Waals surface area contributed by atoms with Crippen LogP contribution in [-0.4, -0.2) is 52.1 Å². The summed E-state index contributed by atoms with van der Waals surface area (Å²) in [7, 11) is 0. The van der Waals surface area contributed by atoms with E-state index in [1.54, 1.807) is 18.5 Å². The maximum absolute atomic E-state index is 13.7. The van der Waals surface area contributed by atoms with Gasteiger partial charge in [0.15, 0.2) is 11.7 Å². The van der Waals surface area contributed by atoms with Gasteiger partial charge >= 0.3 is 0 Å². The highest BCUT2D eigenvalue weighted by Gasteiger charge is 2.53. The zero-order valence-electron chi connectivity index (χ0n) is 18.1. The van der Waals surface area contributed by atoms with Gasteiger partial charge in [0, 0.05) is 23.1 Å². The van der Waals surface area contributed by atoms with Crippen molar-refractivity contribution in [3.8, 4) is 0 Å². The first-order valence-corrected chi connectivity index (χ1v) is 11.8. The number of morpholine rings is 1. The lowest BCUT2D eigenvalue weighted by molar-refractivity contribution is -0.153. The van der Waals surface area contributed by atoms with Crippen LogP contribution in [0.4, 0.5) is 11.7 Å². The van der Waals surface area contributed by atoms with Gasteiger partial charge in [-0.15, -0.1) is 0 Å². The number of oxazole rings is 1. The number of aromatic nitrogens is 2. The Labute approximate surface area is 200 Å². The van der Waals surface area contributed by atoms with Crippen molar-refractivity contribution in [1.82, 2.24) is 14.9 Å². The summed E-state index contributed by atoms with van der Waals surface area (Å²) in [6.07, 6.45) is 5.28. The SMILES string of the molecule is C[C@H]1c2c(Cl)cc(Cl)cc2CCN1C(=O)[C@H]1CN(c2cncc3nc(N)oc23)CC2(CC2)O1. The summed E-state index contributed by atoms with van der Waals surface area (Å²) in [6, 6.07) is 3.61. The molecule has 33 heavy (non-hydrogen) atoms. The van der Waals surface area contributed by atoms with Crippen LogP contribution in [0.1, 0.15) is 36.9 Å². The van der Waals surface area contributed by atoms with Crippen molar-refractivity contribution in [3.05, 3.63) is 45.7 Å². The number of pyridine rings is 1. The van der Waals surface area contributed by atoms with Crippen molar-refractivity contribution < 1.29 is 13.9 Å². The Morgan fingerprint density at radius 1 is 1.27 bits per heavy atom. The first kappa shape index (κ1) is 21.0. The lowest BCUT2D eigenvalue weighted by Gasteiger charge is -2.43. The zero-order valence-corrected chi connectivity index (χ0v) is 19.6. The van der Waals surface area contributed by atoms with Crippen LogP contribution < -0.4 is 10.6 Å². The monoisotopic (exact) mass is 487 g/mol. The fourth-order valence-electron chi connectivity index (χ4n) is 5.19. The molecule has 0 bridgehead atoms. The van der Waals surface area contributed by atoms with Crippen LogP contribution in [-0.2, 0) is 16.0 Å². The molecule has 1 aliphatic carbocycles. The molecule has 1 aromatic carbocycles. The molecule has 172 valence electrons. The normalized spacial score (nSPS) is 23.7.